The van der Waals surface area contributed by atoms with E-state index < -0.39 is 15.9 Å². The summed E-state index contributed by atoms with van der Waals surface area (Å²) in [5.74, 6) is 0.241. The fourth-order valence-electron chi connectivity index (χ4n) is 4.30. The number of halogens is 1. The second kappa shape index (κ2) is 7.17. The number of carbonyl (C=O) groups is 2. The number of nitrogens with zero attached hydrogens (tertiary/aromatic N) is 1. The highest BCUT2D eigenvalue weighted by Crippen LogP contribution is 2.47. The maximum Gasteiger partial charge on any atom is 0.244 e. The summed E-state index contributed by atoms with van der Waals surface area (Å²) >= 11 is 0. The maximum absolute atomic E-state index is 12.5. The lowest BCUT2D eigenvalue weighted by Gasteiger charge is -2.31. The quantitative estimate of drug-likeness (QED) is 0.689. The molecule has 3 rings (SSSR count). The van der Waals surface area contributed by atoms with Crippen molar-refractivity contribution in [2.24, 2.45) is 23.5 Å². The molecular weight excluding hydrogens is 354 g/mol. The molecule has 7 nitrogen and oxygen atoms in total. The SMILES string of the molecule is CC(NC(=O)C1C2CCC(C2)C1N)C(=O)N1CCS(=O)(=O)CC1.Cl. The summed E-state index contributed by atoms with van der Waals surface area (Å²) in [6.45, 7) is 2.06. The number of nitrogens with two attached hydrogens (primary N) is 1. The van der Waals surface area contributed by atoms with Crippen LogP contribution in [0, 0.1) is 17.8 Å². The van der Waals surface area contributed by atoms with Gasteiger partial charge in [0.25, 0.3) is 0 Å². The van der Waals surface area contributed by atoms with Crippen LogP contribution >= 0.6 is 12.4 Å². The van der Waals surface area contributed by atoms with Crippen molar-refractivity contribution in [1.29, 1.82) is 0 Å². The minimum Gasteiger partial charge on any atom is -0.344 e. The molecule has 3 N–H and O–H groups in total. The van der Waals surface area contributed by atoms with Crippen LogP contribution < -0.4 is 11.1 Å². The van der Waals surface area contributed by atoms with Crippen molar-refractivity contribution in [3.63, 3.8) is 0 Å². The third kappa shape index (κ3) is 3.70. The number of nitrogens with one attached hydrogen (secondary N) is 1. The second-order valence-corrected chi connectivity index (χ2v) is 9.45. The van der Waals surface area contributed by atoms with E-state index in [1.807, 2.05) is 0 Å². The number of hydrogen-bond donors (Lipinski definition) is 2. The lowest BCUT2D eigenvalue weighted by molar-refractivity contribution is -0.137. The molecule has 24 heavy (non-hydrogen) atoms. The van der Waals surface area contributed by atoms with Crippen molar-refractivity contribution in [3.8, 4) is 0 Å². The van der Waals surface area contributed by atoms with Crippen molar-refractivity contribution in [1.82, 2.24) is 10.2 Å². The molecule has 2 amide bonds. The van der Waals surface area contributed by atoms with Crippen LogP contribution in [-0.4, -0.2) is 61.8 Å². The van der Waals surface area contributed by atoms with Crippen LogP contribution in [0.15, 0.2) is 0 Å². The Hall–Kier alpha value is -0.860. The average molecular weight is 380 g/mol. The summed E-state index contributed by atoms with van der Waals surface area (Å²) < 4.78 is 22.9. The van der Waals surface area contributed by atoms with Crippen LogP contribution in [0.4, 0.5) is 0 Å². The van der Waals surface area contributed by atoms with E-state index in [0.717, 1.165) is 19.3 Å². The first kappa shape index (κ1) is 19.5. The number of amides is 2. The van der Waals surface area contributed by atoms with Gasteiger partial charge in [-0.15, -0.1) is 12.4 Å². The van der Waals surface area contributed by atoms with Crippen LogP contribution in [-0.2, 0) is 19.4 Å². The zero-order valence-electron chi connectivity index (χ0n) is 13.8. The van der Waals surface area contributed by atoms with Crippen molar-refractivity contribution in [2.75, 3.05) is 24.6 Å². The smallest absolute Gasteiger partial charge is 0.244 e. The van der Waals surface area contributed by atoms with Gasteiger partial charge in [0.1, 0.15) is 6.04 Å². The summed E-state index contributed by atoms with van der Waals surface area (Å²) in [4.78, 5) is 26.4. The van der Waals surface area contributed by atoms with E-state index in [4.69, 9.17) is 5.73 Å². The van der Waals surface area contributed by atoms with Crippen molar-refractivity contribution in [3.05, 3.63) is 0 Å². The van der Waals surface area contributed by atoms with Crippen LogP contribution in [0.25, 0.3) is 0 Å². The van der Waals surface area contributed by atoms with Crippen molar-refractivity contribution in [2.45, 2.75) is 38.3 Å². The molecule has 9 heteroatoms. The Morgan fingerprint density at radius 3 is 2.29 bits per heavy atom. The molecule has 2 aliphatic carbocycles. The highest BCUT2D eigenvalue weighted by Gasteiger charge is 2.49. The highest BCUT2D eigenvalue weighted by molar-refractivity contribution is 7.91. The van der Waals surface area contributed by atoms with E-state index in [-0.39, 0.29) is 60.8 Å². The largest absolute Gasteiger partial charge is 0.344 e. The second-order valence-electron chi connectivity index (χ2n) is 7.14. The molecule has 0 spiro atoms. The molecule has 5 atom stereocenters. The van der Waals surface area contributed by atoms with Gasteiger partial charge in [-0.3, -0.25) is 9.59 Å². The predicted molar refractivity (Wildman–Crippen MR) is 92.4 cm³/mol. The van der Waals surface area contributed by atoms with Crippen LogP contribution in [0.1, 0.15) is 26.2 Å². The van der Waals surface area contributed by atoms with Crippen LogP contribution in [0.3, 0.4) is 0 Å². The Bertz CT molecular complexity index is 596. The fraction of sp³-hybridized carbons (Fsp3) is 0.867. The summed E-state index contributed by atoms with van der Waals surface area (Å²) in [6, 6.07) is -0.745. The molecule has 3 fully saturated rings. The maximum atomic E-state index is 12.5. The molecule has 1 heterocycles. The normalized spacial score (nSPS) is 35.2. The van der Waals surface area contributed by atoms with Gasteiger partial charge in [-0.1, -0.05) is 0 Å². The van der Waals surface area contributed by atoms with Gasteiger partial charge < -0.3 is 16.0 Å². The molecule has 5 unspecified atom stereocenters. The molecule has 0 aromatic rings. The van der Waals surface area contributed by atoms with E-state index in [0.29, 0.717) is 11.8 Å². The van der Waals surface area contributed by atoms with Gasteiger partial charge in [-0.25, -0.2) is 8.42 Å². The van der Waals surface area contributed by atoms with Gasteiger partial charge in [0.05, 0.1) is 17.4 Å². The Kier molecular flexibility index (Phi) is 5.82. The fourth-order valence-corrected chi connectivity index (χ4v) is 5.50. The van der Waals surface area contributed by atoms with Gasteiger partial charge in [0.15, 0.2) is 9.84 Å². The molecule has 2 bridgehead atoms. The van der Waals surface area contributed by atoms with Crippen molar-refractivity contribution >= 4 is 34.1 Å². The van der Waals surface area contributed by atoms with Gasteiger partial charge in [-0.05, 0) is 38.0 Å². The van der Waals surface area contributed by atoms with E-state index in [9.17, 15) is 18.0 Å². The molecule has 0 aromatic carbocycles. The minimum absolute atomic E-state index is 0. The molecule has 1 aliphatic heterocycles. The minimum atomic E-state index is -3.02. The number of rotatable bonds is 3. The zero-order chi connectivity index (χ0) is 16.8. The molecule has 2 saturated carbocycles. The highest BCUT2D eigenvalue weighted by atomic mass is 35.5. The number of fused-ring (bicyclic) bond motifs is 2. The third-order valence-electron chi connectivity index (χ3n) is 5.67. The zero-order valence-corrected chi connectivity index (χ0v) is 15.4. The summed E-state index contributed by atoms with van der Waals surface area (Å²) in [5, 5.41) is 2.80. The molecule has 0 aromatic heterocycles. The number of sulfone groups is 1. The lowest BCUT2D eigenvalue weighted by atomic mass is 9.84. The Labute approximate surface area is 149 Å². The first-order chi connectivity index (χ1) is 10.8. The molecular formula is C15H26ClN3O4S. The molecule has 0 radical (unpaired) electrons. The third-order valence-corrected chi connectivity index (χ3v) is 7.28. The topological polar surface area (TPSA) is 110 Å². The van der Waals surface area contributed by atoms with Crippen LogP contribution in [0.2, 0.25) is 0 Å². The van der Waals surface area contributed by atoms with Gasteiger partial charge in [-0.2, -0.15) is 0 Å². The molecule has 1 saturated heterocycles. The summed E-state index contributed by atoms with van der Waals surface area (Å²) in [6.07, 6.45) is 3.17. The molecule has 138 valence electrons. The summed E-state index contributed by atoms with van der Waals surface area (Å²) in [7, 11) is -3.02. The number of hydrogen-bond acceptors (Lipinski definition) is 5. The van der Waals surface area contributed by atoms with E-state index in [1.165, 1.54) is 4.90 Å². The van der Waals surface area contributed by atoms with Crippen molar-refractivity contribution < 1.29 is 18.0 Å². The Balaban J connectivity index is 0.00000208. The van der Waals surface area contributed by atoms with E-state index in [2.05, 4.69) is 5.32 Å². The standard InChI is InChI=1S/C15H25N3O4S.ClH/c1-9(15(20)18-4-6-23(21,22)7-5-18)17-14(19)12-10-2-3-11(8-10)13(12)16;/h9-13H,2-8,16H2,1H3,(H,17,19);1H. The predicted octanol–water partition coefficient (Wildman–Crippen LogP) is -0.457. The Morgan fingerprint density at radius 1 is 1.17 bits per heavy atom. The van der Waals surface area contributed by atoms with Crippen LogP contribution in [0.5, 0.6) is 0 Å². The average Bonchev–Trinajstić information content (AvgIpc) is 3.07. The lowest BCUT2D eigenvalue weighted by Crippen LogP contribution is -2.54. The van der Waals surface area contributed by atoms with E-state index in [1.54, 1.807) is 6.92 Å². The Morgan fingerprint density at radius 2 is 1.75 bits per heavy atom. The van der Waals surface area contributed by atoms with E-state index >= 15 is 0 Å². The monoisotopic (exact) mass is 379 g/mol. The van der Waals surface area contributed by atoms with Gasteiger partial charge in [0.2, 0.25) is 11.8 Å². The first-order valence-corrected chi connectivity index (χ1v) is 10.2. The first-order valence-electron chi connectivity index (χ1n) is 8.33. The number of carbonyl (C=O) groups excluding carboxylic acids is 2. The van der Waals surface area contributed by atoms with Gasteiger partial charge >= 0.3 is 0 Å². The van der Waals surface area contributed by atoms with Gasteiger partial charge in [0, 0.05) is 19.1 Å². The molecule has 3 aliphatic rings. The summed E-state index contributed by atoms with van der Waals surface area (Å²) in [5.41, 5.74) is 6.17.